The van der Waals surface area contributed by atoms with Crippen LogP contribution in [0.15, 0.2) is 69.6 Å². The molecule has 0 aliphatic heterocycles. The van der Waals surface area contributed by atoms with Crippen molar-refractivity contribution in [1.82, 2.24) is 19.1 Å². The van der Waals surface area contributed by atoms with Crippen LogP contribution in [0.4, 0.5) is 5.13 Å². The van der Waals surface area contributed by atoms with Crippen molar-refractivity contribution in [3.63, 3.8) is 0 Å². The number of aromatic amines is 1. The fourth-order valence-electron chi connectivity index (χ4n) is 3.64. The highest BCUT2D eigenvalue weighted by atomic mass is 35.5. The number of nitrogens with two attached hydrogens (primary N) is 1. The van der Waals surface area contributed by atoms with E-state index >= 15 is 0 Å². The molecular formula is C22H16ClN5O3S. The summed E-state index contributed by atoms with van der Waals surface area (Å²) in [7, 11) is 1.48. The first kappa shape index (κ1) is 20.1. The standard InChI is InChI=1S/C22H16ClN5O3S/c1-31-17-5-3-2-4-16(17)28-20(29)19-14(26-22(28)30)10-18(23)27(19)13-8-6-12(7-9-13)15-11-32-21(24)25-15/h2-11H,1H3,(H2,24,25)(H,26,30). The highest BCUT2D eigenvalue weighted by Crippen LogP contribution is 2.28. The quantitative estimate of drug-likeness (QED) is 0.419. The predicted molar refractivity (Wildman–Crippen MR) is 127 cm³/mol. The number of H-pyrrole nitrogens is 1. The van der Waals surface area contributed by atoms with Gasteiger partial charge in [0.25, 0.3) is 5.56 Å². The van der Waals surface area contributed by atoms with Crippen LogP contribution in [-0.4, -0.2) is 26.2 Å². The maximum atomic E-state index is 13.5. The Morgan fingerprint density at radius 2 is 1.84 bits per heavy atom. The molecule has 0 aliphatic carbocycles. The number of nitrogens with zero attached hydrogens (tertiary/aromatic N) is 3. The first-order valence-electron chi connectivity index (χ1n) is 9.49. The smallest absolute Gasteiger partial charge is 0.333 e. The van der Waals surface area contributed by atoms with E-state index in [1.54, 1.807) is 34.9 Å². The number of aromatic nitrogens is 4. The third-order valence-corrected chi connectivity index (χ3v) is 6.03. The predicted octanol–water partition coefficient (Wildman–Crippen LogP) is 3.84. The number of nitrogen functional groups attached to an aromatic ring is 1. The lowest BCUT2D eigenvalue weighted by molar-refractivity contribution is 0.412. The van der Waals surface area contributed by atoms with Gasteiger partial charge in [0.05, 0.1) is 24.0 Å². The van der Waals surface area contributed by atoms with Gasteiger partial charge in [0.1, 0.15) is 16.4 Å². The van der Waals surface area contributed by atoms with Gasteiger partial charge in [0, 0.05) is 16.6 Å². The second-order valence-electron chi connectivity index (χ2n) is 6.93. The Morgan fingerprint density at radius 3 is 2.53 bits per heavy atom. The Hall–Kier alpha value is -3.82. The van der Waals surface area contributed by atoms with Crippen molar-refractivity contribution < 1.29 is 4.74 Å². The summed E-state index contributed by atoms with van der Waals surface area (Å²) in [6.07, 6.45) is 0. The molecule has 0 bridgehead atoms. The number of hydrogen-bond donors (Lipinski definition) is 2. The number of ether oxygens (including phenoxy) is 1. The van der Waals surface area contributed by atoms with Gasteiger partial charge in [-0.05, 0) is 30.3 Å². The van der Waals surface area contributed by atoms with E-state index in [2.05, 4.69) is 9.97 Å². The van der Waals surface area contributed by atoms with Gasteiger partial charge in [-0.2, -0.15) is 0 Å². The van der Waals surface area contributed by atoms with E-state index in [4.69, 9.17) is 22.1 Å². The summed E-state index contributed by atoms with van der Waals surface area (Å²) in [5, 5.41) is 2.65. The van der Waals surface area contributed by atoms with Crippen LogP contribution in [0.3, 0.4) is 0 Å². The topological polar surface area (TPSA) is 108 Å². The molecular weight excluding hydrogens is 450 g/mol. The molecule has 32 heavy (non-hydrogen) atoms. The van der Waals surface area contributed by atoms with Gasteiger partial charge in [-0.25, -0.2) is 14.3 Å². The number of benzene rings is 2. The van der Waals surface area contributed by atoms with Crippen molar-refractivity contribution in [3.8, 4) is 28.4 Å². The molecule has 3 N–H and O–H groups in total. The summed E-state index contributed by atoms with van der Waals surface area (Å²) < 4.78 is 7.98. The van der Waals surface area contributed by atoms with Gasteiger partial charge in [-0.15, -0.1) is 11.3 Å². The summed E-state index contributed by atoms with van der Waals surface area (Å²) in [6, 6.07) is 15.8. The van der Waals surface area contributed by atoms with Gasteiger partial charge in [-0.1, -0.05) is 35.9 Å². The van der Waals surface area contributed by atoms with Crippen LogP contribution in [0.25, 0.3) is 33.7 Å². The largest absolute Gasteiger partial charge is 0.495 e. The summed E-state index contributed by atoms with van der Waals surface area (Å²) in [4.78, 5) is 33.3. The maximum absolute atomic E-state index is 13.5. The minimum absolute atomic E-state index is 0.242. The molecule has 0 radical (unpaired) electrons. The summed E-state index contributed by atoms with van der Waals surface area (Å²) in [6.45, 7) is 0. The van der Waals surface area contributed by atoms with Crippen molar-refractivity contribution in [2.24, 2.45) is 0 Å². The third kappa shape index (κ3) is 3.19. The van der Waals surface area contributed by atoms with Gasteiger partial charge < -0.3 is 15.5 Å². The van der Waals surface area contributed by atoms with Crippen LogP contribution < -0.4 is 21.7 Å². The number of hydrogen-bond acceptors (Lipinski definition) is 6. The van der Waals surface area contributed by atoms with Gasteiger partial charge >= 0.3 is 5.69 Å². The normalized spacial score (nSPS) is 11.2. The molecule has 160 valence electrons. The minimum atomic E-state index is -0.586. The van der Waals surface area contributed by atoms with Crippen molar-refractivity contribution in [2.45, 2.75) is 0 Å². The van der Waals surface area contributed by atoms with Gasteiger partial charge in [-0.3, -0.25) is 9.36 Å². The van der Waals surface area contributed by atoms with Crippen LogP contribution in [0, 0.1) is 0 Å². The molecule has 3 aromatic heterocycles. The highest BCUT2D eigenvalue weighted by Gasteiger charge is 2.19. The Morgan fingerprint density at radius 1 is 1.09 bits per heavy atom. The second-order valence-corrected chi connectivity index (χ2v) is 8.20. The zero-order chi connectivity index (χ0) is 22.4. The number of halogens is 1. The third-order valence-electron chi connectivity index (χ3n) is 5.08. The molecule has 0 atom stereocenters. The number of anilines is 1. The molecule has 5 rings (SSSR count). The number of fused-ring (bicyclic) bond motifs is 1. The molecule has 8 nitrogen and oxygen atoms in total. The minimum Gasteiger partial charge on any atom is -0.495 e. The van der Waals surface area contributed by atoms with Gasteiger partial charge in [0.15, 0.2) is 5.13 Å². The Kier molecular flexibility index (Phi) is 4.84. The van der Waals surface area contributed by atoms with E-state index < -0.39 is 11.2 Å². The van der Waals surface area contributed by atoms with Crippen LogP contribution in [0.2, 0.25) is 5.15 Å². The molecule has 5 aromatic rings. The summed E-state index contributed by atoms with van der Waals surface area (Å²) in [5.41, 5.74) is 7.86. The van der Waals surface area contributed by atoms with E-state index in [1.807, 2.05) is 29.6 Å². The highest BCUT2D eigenvalue weighted by molar-refractivity contribution is 7.13. The lowest BCUT2D eigenvalue weighted by Gasteiger charge is -2.11. The fraction of sp³-hybridized carbons (Fsp3) is 0.0455. The molecule has 0 aliphatic rings. The molecule has 0 spiro atoms. The molecule has 10 heteroatoms. The van der Waals surface area contributed by atoms with E-state index in [1.165, 1.54) is 18.4 Å². The fourth-order valence-corrected chi connectivity index (χ4v) is 4.51. The first-order valence-corrected chi connectivity index (χ1v) is 10.7. The number of para-hydroxylation sites is 2. The zero-order valence-corrected chi connectivity index (χ0v) is 18.3. The number of methoxy groups -OCH3 is 1. The molecule has 2 aromatic carbocycles. The Bertz CT molecular complexity index is 1580. The van der Waals surface area contributed by atoms with Crippen molar-refractivity contribution in [1.29, 1.82) is 0 Å². The zero-order valence-electron chi connectivity index (χ0n) is 16.7. The van der Waals surface area contributed by atoms with E-state index in [0.717, 1.165) is 15.8 Å². The van der Waals surface area contributed by atoms with E-state index in [0.29, 0.717) is 27.8 Å². The van der Waals surface area contributed by atoms with Crippen LogP contribution >= 0.6 is 22.9 Å². The lowest BCUT2D eigenvalue weighted by Crippen LogP contribution is -2.34. The molecule has 0 fully saturated rings. The molecule has 0 saturated heterocycles. The molecule has 0 amide bonds. The van der Waals surface area contributed by atoms with Crippen LogP contribution in [0.5, 0.6) is 5.75 Å². The number of nitrogens with one attached hydrogen (secondary N) is 1. The van der Waals surface area contributed by atoms with E-state index in [9.17, 15) is 9.59 Å². The van der Waals surface area contributed by atoms with Crippen molar-refractivity contribution >= 4 is 39.1 Å². The van der Waals surface area contributed by atoms with Crippen LogP contribution in [-0.2, 0) is 0 Å². The maximum Gasteiger partial charge on any atom is 0.333 e. The van der Waals surface area contributed by atoms with E-state index in [-0.39, 0.29) is 10.7 Å². The average molecular weight is 466 g/mol. The lowest BCUT2D eigenvalue weighted by atomic mass is 10.1. The number of rotatable bonds is 4. The molecule has 0 saturated carbocycles. The Labute approximate surface area is 190 Å². The average Bonchev–Trinajstić information content (AvgIpc) is 3.37. The Balaban J connectivity index is 1.72. The van der Waals surface area contributed by atoms with Gasteiger partial charge in [0.2, 0.25) is 0 Å². The molecule has 3 heterocycles. The summed E-state index contributed by atoms with van der Waals surface area (Å²) in [5.74, 6) is 0.399. The monoisotopic (exact) mass is 465 g/mol. The molecule has 0 unspecified atom stereocenters. The first-order chi connectivity index (χ1) is 15.5. The van der Waals surface area contributed by atoms with Crippen molar-refractivity contribution in [2.75, 3.05) is 12.8 Å². The summed E-state index contributed by atoms with van der Waals surface area (Å²) >= 11 is 7.85. The van der Waals surface area contributed by atoms with Crippen LogP contribution in [0.1, 0.15) is 0 Å². The van der Waals surface area contributed by atoms with Crippen molar-refractivity contribution in [3.05, 3.63) is 86.0 Å². The second kappa shape index (κ2) is 7.70. The number of thiazole rings is 1. The SMILES string of the molecule is COc1ccccc1-n1c(=O)[nH]c2cc(Cl)n(-c3ccc(-c4csc(N)n4)cc3)c2c1=O.